The van der Waals surface area contributed by atoms with Crippen molar-refractivity contribution >= 4 is 19.9 Å². The molecule has 37 heavy (non-hydrogen) atoms. The Kier molecular flexibility index (Phi) is 8.07. The lowest BCUT2D eigenvalue weighted by Crippen LogP contribution is -2.38. The Morgan fingerprint density at radius 3 is 1.35 bits per heavy atom. The van der Waals surface area contributed by atoms with Crippen molar-refractivity contribution in [2.24, 2.45) is 0 Å². The first-order valence-electron chi connectivity index (χ1n) is 15.5. The minimum Gasteiger partial charge on any atom is -0.0993 e. The van der Waals surface area contributed by atoms with Crippen LogP contribution < -0.4 is 5.19 Å². The van der Waals surface area contributed by atoms with Crippen LogP contribution >= 0.6 is 0 Å². The molecule has 0 fully saturated rings. The van der Waals surface area contributed by atoms with Gasteiger partial charge in [0.1, 0.15) is 9.52 Å². The first kappa shape index (κ1) is 28.4. The Morgan fingerprint density at radius 1 is 0.622 bits per heavy atom. The molecule has 0 spiro atoms. The maximum absolute atomic E-state index is 4.74. The first-order valence-corrected chi connectivity index (χ1v) is 16.5. The predicted octanol–water partition coefficient (Wildman–Crippen LogP) is 9.73. The van der Waals surface area contributed by atoms with Gasteiger partial charge in [-0.15, -0.1) is 0 Å². The summed E-state index contributed by atoms with van der Waals surface area (Å²) < 4.78 is 0. The molecular formula is C36H52Si. The van der Waals surface area contributed by atoms with Gasteiger partial charge in [-0.05, 0) is 114 Å². The van der Waals surface area contributed by atoms with Crippen LogP contribution in [0.4, 0.5) is 0 Å². The summed E-state index contributed by atoms with van der Waals surface area (Å²) in [5.74, 6) is 0. The van der Waals surface area contributed by atoms with E-state index in [1.807, 2.05) is 0 Å². The number of hydrogen-bond acceptors (Lipinski definition) is 0. The predicted molar refractivity (Wildman–Crippen MR) is 166 cm³/mol. The topological polar surface area (TPSA) is 0 Å². The summed E-state index contributed by atoms with van der Waals surface area (Å²) in [5, 5.41) is 3.04. The zero-order valence-corrected chi connectivity index (χ0v) is 26.2. The molecule has 0 bridgehead atoms. The van der Waals surface area contributed by atoms with E-state index in [9.17, 15) is 0 Å². The fraction of sp³-hybridized carbons (Fsp3) is 0.611. The van der Waals surface area contributed by atoms with E-state index >= 15 is 0 Å². The fourth-order valence-corrected chi connectivity index (χ4v) is 10.4. The molecule has 4 rings (SSSR count). The molecule has 0 saturated heterocycles. The molecule has 0 unspecified atom stereocenters. The van der Waals surface area contributed by atoms with Crippen LogP contribution in [0.15, 0.2) is 43.0 Å². The molecule has 0 atom stereocenters. The first-order chi connectivity index (χ1) is 17.7. The number of fused-ring (bicyclic) bond motifs is 2. The highest BCUT2D eigenvalue weighted by Gasteiger charge is 2.56. The lowest BCUT2D eigenvalue weighted by atomic mass is 9.70. The second-order valence-electron chi connectivity index (χ2n) is 12.4. The highest BCUT2D eigenvalue weighted by Crippen LogP contribution is 2.61. The summed E-state index contributed by atoms with van der Waals surface area (Å²) >= 11 is 0. The van der Waals surface area contributed by atoms with Gasteiger partial charge < -0.3 is 0 Å². The van der Waals surface area contributed by atoms with Crippen LogP contribution in [-0.4, -0.2) is 9.52 Å². The van der Waals surface area contributed by atoms with Crippen molar-refractivity contribution in [1.29, 1.82) is 0 Å². The van der Waals surface area contributed by atoms with Crippen LogP contribution in [-0.2, 0) is 21.7 Å². The zero-order valence-electron chi connectivity index (χ0n) is 25.2. The van der Waals surface area contributed by atoms with Gasteiger partial charge in [-0.3, -0.25) is 0 Å². The summed E-state index contributed by atoms with van der Waals surface area (Å²) in [6, 6.07) is 13.8. The molecule has 200 valence electrons. The maximum Gasteiger partial charge on any atom is 0.122 e. The lowest BCUT2D eigenvalue weighted by molar-refractivity contribution is 0.279. The summed E-state index contributed by atoms with van der Waals surface area (Å²) in [6.45, 7) is 24.5. The number of hydrogen-bond donors (Lipinski definition) is 0. The Bertz CT molecular complexity index is 1040. The largest absolute Gasteiger partial charge is 0.122 e. The third-order valence-electron chi connectivity index (χ3n) is 11.7. The minimum atomic E-state index is 0.284. The molecule has 0 aliphatic heterocycles. The SMILES string of the molecule is C=C([Si]c1c2c(cc3c1C(CC)(CC)CC3(CC)CC)C(CC)(CC)CC2(CC)CC)c1ccccc1. The number of benzene rings is 2. The van der Waals surface area contributed by atoms with Crippen LogP contribution in [0.5, 0.6) is 0 Å². The van der Waals surface area contributed by atoms with Gasteiger partial charge >= 0.3 is 0 Å². The van der Waals surface area contributed by atoms with Gasteiger partial charge in [0, 0.05) is 0 Å². The fourth-order valence-electron chi connectivity index (χ4n) is 8.74. The van der Waals surface area contributed by atoms with Crippen molar-refractivity contribution in [2.75, 3.05) is 0 Å². The smallest absolute Gasteiger partial charge is 0.0993 e. The van der Waals surface area contributed by atoms with E-state index in [-0.39, 0.29) is 10.8 Å². The average Bonchev–Trinajstić information content (AvgIpc) is 3.42. The van der Waals surface area contributed by atoms with E-state index in [1.54, 1.807) is 27.4 Å². The molecule has 0 amide bonds. The molecule has 0 N–H and O–H groups in total. The van der Waals surface area contributed by atoms with Gasteiger partial charge in [0.05, 0.1) is 0 Å². The van der Waals surface area contributed by atoms with Crippen molar-refractivity contribution in [3.05, 3.63) is 70.8 Å². The summed E-state index contributed by atoms with van der Waals surface area (Å²) in [4.78, 5) is 0. The van der Waals surface area contributed by atoms with Crippen LogP contribution in [0.1, 0.15) is 147 Å². The van der Waals surface area contributed by atoms with E-state index in [2.05, 4.69) is 91.8 Å². The van der Waals surface area contributed by atoms with Gasteiger partial charge in [-0.25, -0.2) is 0 Å². The molecule has 0 heterocycles. The van der Waals surface area contributed by atoms with Gasteiger partial charge in [-0.1, -0.05) is 109 Å². The van der Waals surface area contributed by atoms with Gasteiger partial charge in [0.15, 0.2) is 0 Å². The Hall–Kier alpha value is -1.60. The molecule has 0 saturated carbocycles. The zero-order chi connectivity index (χ0) is 27.1. The van der Waals surface area contributed by atoms with Crippen LogP contribution in [0, 0.1) is 0 Å². The molecule has 2 aliphatic carbocycles. The molecule has 1 heteroatoms. The van der Waals surface area contributed by atoms with E-state index in [1.165, 1.54) is 75.0 Å². The summed E-state index contributed by atoms with van der Waals surface area (Å²) in [6.07, 6.45) is 12.6. The van der Waals surface area contributed by atoms with E-state index in [4.69, 9.17) is 6.58 Å². The molecular weight excluding hydrogens is 460 g/mol. The number of rotatable bonds is 11. The second-order valence-corrected chi connectivity index (χ2v) is 13.7. The van der Waals surface area contributed by atoms with Gasteiger partial charge in [-0.2, -0.15) is 0 Å². The summed E-state index contributed by atoms with van der Waals surface area (Å²) in [7, 11) is 0.649. The lowest BCUT2D eigenvalue weighted by Gasteiger charge is -2.36. The highest BCUT2D eigenvalue weighted by atomic mass is 28.2. The quantitative estimate of drug-likeness (QED) is 0.263. The molecule has 2 aliphatic rings. The molecule has 0 aromatic heterocycles. The third-order valence-corrected chi connectivity index (χ3v) is 13.0. The molecule has 2 aromatic carbocycles. The van der Waals surface area contributed by atoms with E-state index in [0.29, 0.717) is 20.3 Å². The Labute approximate surface area is 231 Å². The Morgan fingerprint density at radius 2 is 1.00 bits per heavy atom. The molecule has 2 radical (unpaired) electrons. The van der Waals surface area contributed by atoms with Crippen LogP contribution in [0.3, 0.4) is 0 Å². The second kappa shape index (κ2) is 10.5. The Balaban J connectivity index is 2.15. The van der Waals surface area contributed by atoms with Crippen molar-refractivity contribution < 1.29 is 0 Å². The van der Waals surface area contributed by atoms with Gasteiger partial charge in [0.2, 0.25) is 0 Å². The molecule has 2 aromatic rings. The van der Waals surface area contributed by atoms with E-state index < -0.39 is 0 Å². The summed E-state index contributed by atoms with van der Waals surface area (Å²) in [5.41, 5.74) is 9.50. The van der Waals surface area contributed by atoms with Crippen molar-refractivity contribution in [2.45, 2.75) is 141 Å². The standard InChI is InChI=1S/C36H52Si/c1-10-33(11-2)24-35(14-5,15-6)30-28(33)23-29-31(32(30)37-26(9)27-21-19-18-20-22-27)36(16-7,17-8)25-34(29,12-3)13-4/h18-23H,9-17,24-25H2,1-8H3. The highest BCUT2D eigenvalue weighted by molar-refractivity contribution is 6.74. The maximum atomic E-state index is 4.74. The van der Waals surface area contributed by atoms with Crippen molar-refractivity contribution in [3.63, 3.8) is 0 Å². The third kappa shape index (κ3) is 4.05. The molecule has 0 nitrogen and oxygen atoms in total. The van der Waals surface area contributed by atoms with Crippen LogP contribution in [0.2, 0.25) is 0 Å². The van der Waals surface area contributed by atoms with Crippen LogP contribution in [0.25, 0.3) is 5.20 Å². The van der Waals surface area contributed by atoms with E-state index in [0.717, 1.165) is 0 Å². The minimum absolute atomic E-state index is 0.284. The van der Waals surface area contributed by atoms with Gasteiger partial charge in [0.25, 0.3) is 0 Å². The monoisotopic (exact) mass is 512 g/mol. The van der Waals surface area contributed by atoms with Crippen molar-refractivity contribution in [1.82, 2.24) is 0 Å². The average molecular weight is 513 g/mol. The normalized spacial score (nSPS) is 20.0. The van der Waals surface area contributed by atoms with Crippen molar-refractivity contribution in [3.8, 4) is 0 Å².